The molecule has 0 bridgehead atoms. The van der Waals surface area contributed by atoms with Crippen LogP contribution in [-0.4, -0.2) is 49.3 Å². The van der Waals surface area contributed by atoms with E-state index in [0.717, 1.165) is 44.9 Å². The standard InChI is InChI=1S/C49H90NO8P/c1-3-5-7-9-11-13-15-17-19-21-22-23-24-26-28-30-32-34-36-38-40-42-49(52)58-47(46-57-59(53,54)56-44-43-50)45-55-48(51)41-39-37-35-33-31-29-27-25-20-18-16-14-12-10-8-6-4-2/h17-20,27,29,33,35,47H,3-16,21-26,28,30-32,34,36-46,50H2,1-2H3,(H,53,54)/b19-17-,20-18-,29-27-,35-33-/t47-/m1/s1. The molecule has 1 unspecified atom stereocenters. The van der Waals surface area contributed by atoms with Gasteiger partial charge < -0.3 is 20.1 Å². The SMILES string of the molecule is CCCCCCCC/C=C\C/C=C\C/C=C\CCCC(=O)OC[C@H](COP(=O)(O)OCCN)OC(=O)CCCCCCCCCCCCC/C=C\CCCCCCCC. The van der Waals surface area contributed by atoms with Crippen LogP contribution in [0, 0.1) is 0 Å². The van der Waals surface area contributed by atoms with E-state index in [1.165, 1.54) is 135 Å². The summed E-state index contributed by atoms with van der Waals surface area (Å²) >= 11 is 0. The molecule has 0 aliphatic heterocycles. The van der Waals surface area contributed by atoms with Crippen molar-refractivity contribution in [2.75, 3.05) is 26.4 Å². The largest absolute Gasteiger partial charge is 0.472 e. The first kappa shape index (κ1) is 57.0. The fourth-order valence-electron chi connectivity index (χ4n) is 6.59. The Morgan fingerprint density at radius 2 is 0.898 bits per heavy atom. The van der Waals surface area contributed by atoms with E-state index in [2.05, 4.69) is 62.5 Å². The molecule has 0 saturated heterocycles. The van der Waals surface area contributed by atoms with Crippen LogP contribution in [0.2, 0.25) is 0 Å². The molecule has 0 aliphatic carbocycles. The maximum Gasteiger partial charge on any atom is 0.472 e. The van der Waals surface area contributed by atoms with Gasteiger partial charge >= 0.3 is 19.8 Å². The van der Waals surface area contributed by atoms with Crippen molar-refractivity contribution in [2.45, 2.75) is 225 Å². The van der Waals surface area contributed by atoms with Crippen molar-refractivity contribution in [3.63, 3.8) is 0 Å². The number of unbranched alkanes of at least 4 members (excludes halogenated alkanes) is 24. The van der Waals surface area contributed by atoms with Gasteiger partial charge in [0.2, 0.25) is 0 Å². The van der Waals surface area contributed by atoms with Crippen LogP contribution in [0.25, 0.3) is 0 Å². The van der Waals surface area contributed by atoms with Gasteiger partial charge in [0.1, 0.15) is 6.61 Å². The number of esters is 2. The highest BCUT2D eigenvalue weighted by molar-refractivity contribution is 7.47. The number of hydrogen-bond donors (Lipinski definition) is 2. The summed E-state index contributed by atoms with van der Waals surface area (Å²) < 4.78 is 32.8. The van der Waals surface area contributed by atoms with Crippen molar-refractivity contribution in [1.82, 2.24) is 0 Å². The molecule has 0 radical (unpaired) electrons. The van der Waals surface area contributed by atoms with Crippen LogP contribution >= 0.6 is 7.82 Å². The molecule has 2 atom stereocenters. The average molecular weight is 852 g/mol. The Balaban J connectivity index is 4.14. The minimum absolute atomic E-state index is 0.0461. The molecule has 0 aromatic rings. The number of hydrogen-bond acceptors (Lipinski definition) is 8. The van der Waals surface area contributed by atoms with E-state index < -0.39 is 32.5 Å². The molecule has 0 aliphatic rings. The predicted octanol–water partition coefficient (Wildman–Crippen LogP) is 14.3. The number of nitrogens with two attached hydrogens (primary N) is 1. The molecule has 0 amide bonds. The number of carbonyl (C=O) groups excluding carboxylic acids is 2. The highest BCUT2D eigenvalue weighted by Gasteiger charge is 2.26. The summed E-state index contributed by atoms with van der Waals surface area (Å²) in [5.74, 6) is -0.887. The second-order valence-corrected chi connectivity index (χ2v) is 17.4. The molecule has 59 heavy (non-hydrogen) atoms. The third kappa shape index (κ3) is 45.3. The van der Waals surface area contributed by atoms with Gasteiger partial charge in [-0.05, 0) is 70.6 Å². The lowest BCUT2D eigenvalue weighted by atomic mass is 10.0. The Labute approximate surface area is 362 Å². The monoisotopic (exact) mass is 852 g/mol. The van der Waals surface area contributed by atoms with Crippen LogP contribution in [0.3, 0.4) is 0 Å². The van der Waals surface area contributed by atoms with Crippen LogP contribution in [-0.2, 0) is 32.7 Å². The van der Waals surface area contributed by atoms with Gasteiger partial charge in [-0.3, -0.25) is 18.6 Å². The van der Waals surface area contributed by atoms with Gasteiger partial charge in [-0.2, -0.15) is 0 Å². The summed E-state index contributed by atoms with van der Waals surface area (Å²) in [6, 6.07) is 0. The van der Waals surface area contributed by atoms with Crippen LogP contribution < -0.4 is 5.73 Å². The smallest absolute Gasteiger partial charge is 0.462 e. The van der Waals surface area contributed by atoms with Gasteiger partial charge in [-0.1, -0.05) is 184 Å². The molecule has 0 rings (SSSR count). The molecular weight excluding hydrogens is 762 g/mol. The third-order valence-corrected chi connectivity index (χ3v) is 11.2. The summed E-state index contributed by atoms with van der Waals surface area (Å²) in [7, 11) is -4.39. The minimum Gasteiger partial charge on any atom is -0.462 e. The molecule has 0 heterocycles. The zero-order valence-corrected chi connectivity index (χ0v) is 38.9. The van der Waals surface area contributed by atoms with Crippen LogP contribution in [0.5, 0.6) is 0 Å². The van der Waals surface area contributed by atoms with E-state index in [-0.39, 0.29) is 32.6 Å². The van der Waals surface area contributed by atoms with Gasteiger partial charge in [0.25, 0.3) is 0 Å². The van der Waals surface area contributed by atoms with E-state index in [4.69, 9.17) is 24.3 Å². The van der Waals surface area contributed by atoms with Crippen molar-refractivity contribution in [2.24, 2.45) is 5.73 Å². The Morgan fingerprint density at radius 3 is 1.37 bits per heavy atom. The minimum atomic E-state index is -4.39. The fourth-order valence-corrected chi connectivity index (χ4v) is 7.35. The van der Waals surface area contributed by atoms with E-state index in [1.807, 2.05) is 0 Å². The lowest BCUT2D eigenvalue weighted by Crippen LogP contribution is -2.29. The molecule has 0 aromatic carbocycles. The van der Waals surface area contributed by atoms with Gasteiger partial charge in [-0.25, -0.2) is 4.57 Å². The third-order valence-electron chi connectivity index (χ3n) is 10.2. The fraction of sp³-hybridized carbons (Fsp3) is 0.796. The lowest BCUT2D eigenvalue weighted by molar-refractivity contribution is -0.161. The summed E-state index contributed by atoms with van der Waals surface area (Å²) in [5.41, 5.74) is 5.36. The highest BCUT2D eigenvalue weighted by Crippen LogP contribution is 2.43. The first-order valence-corrected chi connectivity index (χ1v) is 25.6. The number of carbonyl (C=O) groups is 2. The van der Waals surface area contributed by atoms with Gasteiger partial charge in [-0.15, -0.1) is 0 Å². The van der Waals surface area contributed by atoms with Crippen LogP contribution in [0.4, 0.5) is 0 Å². The maximum atomic E-state index is 12.6. The molecule has 0 spiro atoms. The second kappa shape index (κ2) is 45.5. The Bertz CT molecular complexity index is 1110. The number of allylic oxidation sites excluding steroid dienone is 8. The second-order valence-electron chi connectivity index (χ2n) is 16.0. The Morgan fingerprint density at radius 1 is 0.508 bits per heavy atom. The van der Waals surface area contributed by atoms with Crippen molar-refractivity contribution < 1.29 is 37.6 Å². The first-order chi connectivity index (χ1) is 28.8. The van der Waals surface area contributed by atoms with Gasteiger partial charge in [0.05, 0.1) is 13.2 Å². The van der Waals surface area contributed by atoms with Gasteiger partial charge in [0.15, 0.2) is 6.10 Å². The zero-order valence-electron chi connectivity index (χ0n) is 38.0. The summed E-state index contributed by atoms with van der Waals surface area (Å²) in [6.45, 7) is 3.68. The Hall–Kier alpha value is -2.03. The molecule has 3 N–H and O–H groups in total. The van der Waals surface area contributed by atoms with Crippen molar-refractivity contribution >= 4 is 19.8 Å². The van der Waals surface area contributed by atoms with Gasteiger partial charge in [0, 0.05) is 19.4 Å². The molecule has 9 nitrogen and oxygen atoms in total. The zero-order chi connectivity index (χ0) is 43.2. The van der Waals surface area contributed by atoms with E-state index >= 15 is 0 Å². The van der Waals surface area contributed by atoms with Crippen molar-refractivity contribution in [3.05, 3.63) is 48.6 Å². The topological polar surface area (TPSA) is 134 Å². The molecule has 10 heteroatoms. The van der Waals surface area contributed by atoms with E-state index in [0.29, 0.717) is 12.8 Å². The molecule has 0 fully saturated rings. The lowest BCUT2D eigenvalue weighted by Gasteiger charge is -2.19. The van der Waals surface area contributed by atoms with Crippen molar-refractivity contribution in [1.29, 1.82) is 0 Å². The number of phosphoric ester groups is 1. The van der Waals surface area contributed by atoms with Crippen LogP contribution in [0.15, 0.2) is 48.6 Å². The molecular formula is C49H90NO8P. The van der Waals surface area contributed by atoms with E-state index in [9.17, 15) is 19.0 Å². The quantitative estimate of drug-likeness (QED) is 0.0266. The number of phosphoric acid groups is 1. The number of ether oxygens (including phenoxy) is 2. The number of rotatable bonds is 45. The Kier molecular flexibility index (Phi) is 43.9. The van der Waals surface area contributed by atoms with E-state index in [1.54, 1.807) is 0 Å². The summed E-state index contributed by atoms with van der Waals surface area (Å²) in [6.07, 6.45) is 53.0. The summed E-state index contributed by atoms with van der Waals surface area (Å²) in [4.78, 5) is 34.9. The maximum absolute atomic E-state index is 12.6. The summed E-state index contributed by atoms with van der Waals surface area (Å²) in [5, 5.41) is 0. The molecule has 0 saturated carbocycles. The van der Waals surface area contributed by atoms with Crippen LogP contribution in [0.1, 0.15) is 219 Å². The average Bonchev–Trinajstić information content (AvgIpc) is 3.22. The normalized spacial score (nSPS) is 13.6. The van der Waals surface area contributed by atoms with Crippen molar-refractivity contribution in [3.8, 4) is 0 Å². The predicted molar refractivity (Wildman–Crippen MR) is 247 cm³/mol. The highest BCUT2D eigenvalue weighted by atomic mass is 31.2. The molecule has 344 valence electrons. The first-order valence-electron chi connectivity index (χ1n) is 24.1. The molecule has 0 aromatic heterocycles.